The van der Waals surface area contributed by atoms with Crippen molar-refractivity contribution in [3.05, 3.63) is 60.2 Å². The van der Waals surface area contributed by atoms with Gasteiger partial charge in [0.05, 0.1) is 13.7 Å². The summed E-state index contributed by atoms with van der Waals surface area (Å²) in [5.74, 6) is 1.63. The van der Waals surface area contributed by atoms with Crippen molar-refractivity contribution in [2.75, 3.05) is 26.8 Å². The first-order valence-electron chi connectivity index (χ1n) is 7.55. The third-order valence-corrected chi connectivity index (χ3v) is 3.74. The van der Waals surface area contributed by atoms with E-state index in [0.717, 1.165) is 30.2 Å². The van der Waals surface area contributed by atoms with Gasteiger partial charge in [0.1, 0.15) is 17.6 Å². The second-order valence-electron chi connectivity index (χ2n) is 5.24. The van der Waals surface area contributed by atoms with Gasteiger partial charge >= 0.3 is 0 Å². The molecule has 1 N–H and O–H groups in total. The van der Waals surface area contributed by atoms with Crippen molar-refractivity contribution < 1.29 is 14.2 Å². The molecule has 2 aromatic carbocycles. The average molecular weight is 299 g/mol. The van der Waals surface area contributed by atoms with Gasteiger partial charge in [0, 0.05) is 13.1 Å². The zero-order valence-corrected chi connectivity index (χ0v) is 12.7. The lowest BCUT2D eigenvalue weighted by Gasteiger charge is -2.31. The van der Waals surface area contributed by atoms with Crippen LogP contribution in [0.15, 0.2) is 54.6 Å². The van der Waals surface area contributed by atoms with E-state index in [9.17, 15) is 0 Å². The molecule has 1 aliphatic rings. The van der Waals surface area contributed by atoms with Crippen molar-refractivity contribution in [3.63, 3.8) is 0 Å². The van der Waals surface area contributed by atoms with Crippen LogP contribution in [0.25, 0.3) is 0 Å². The number of ether oxygens (including phenoxy) is 3. The van der Waals surface area contributed by atoms with Gasteiger partial charge in [-0.05, 0) is 29.8 Å². The minimum Gasteiger partial charge on any atom is -0.497 e. The monoisotopic (exact) mass is 299 g/mol. The molecule has 0 saturated carbocycles. The molecule has 0 bridgehead atoms. The van der Waals surface area contributed by atoms with E-state index in [1.807, 2.05) is 42.5 Å². The molecule has 1 heterocycles. The van der Waals surface area contributed by atoms with Gasteiger partial charge in [-0.15, -0.1) is 0 Å². The number of hydrogen-bond donors (Lipinski definition) is 1. The molecule has 2 atom stereocenters. The number of nitrogens with one attached hydrogen (secondary N) is 1. The molecule has 0 radical (unpaired) electrons. The maximum Gasteiger partial charge on any atom is 0.151 e. The van der Waals surface area contributed by atoms with Crippen LogP contribution in [0.5, 0.6) is 11.5 Å². The van der Waals surface area contributed by atoms with Crippen molar-refractivity contribution in [2.24, 2.45) is 0 Å². The summed E-state index contributed by atoms with van der Waals surface area (Å²) < 4.78 is 17.3. The van der Waals surface area contributed by atoms with Crippen molar-refractivity contribution in [3.8, 4) is 11.5 Å². The van der Waals surface area contributed by atoms with Gasteiger partial charge in [0.25, 0.3) is 0 Å². The Morgan fingerprint density at radius 2 is 1.77 bits per heavy atom. The Bertz CT molecular complexity index is 565. The zero-order valence-electron chi connectivity index (χ0n) is 12.7. The lowest BCUT2D eigenvalue weighted by atomic mass is 10.0. The van der Waals surface area contributed by atoms with Gasteiger partial charge in [-0.2, -0.15) is 0 Å². The van der Waals surface area contributed by atoms with Gasteiger partial charge in [-0.3, -0.25) is 0 Å². The standard InChI is InChI=1S/C18H21NO3/c1-20-15-7-9-16(10-8-15)22-18(14-5-3-2-4-6-14)17-13-19-11-12-21-17/h2-10,17-19H,11-13H2,1H3/t17-,18-/m0/s1. The van der Waals surface area contributed by atoms with Crippen LogP contribution in [0.1, 0.15) is 11.7 Å². The highest BCUT2D eigenvalue weighted by Crippen LogP contribution is 2.28. The molecule has 22 heavy (non-hydrogen) atoms. The van der Waals surface area contributed by atoms with Gasteiger partial charge < -0.3 is 19.5 Å². The number of hydrogen-bond acceptors (Lipinski definition) is 4. The lowest BCUT2D eigenvalue weighted by molar-refractivity contribution is -0.0432. The summed E-state index contributed by atoms with van der Waals surface area (Å²) in [5, 5.41) is 3.36. The van der Waals surface area contributed by atoms with Crippen LogP contribution in [-0.4, -0.2) is 32.9 Å². The van der Waals surface area contributed by atoms with E-state index in [-0.39, 0.29) is 12.2 Å². The first kappa shape index (κ1) is 14.9. The third-order valence-electron chi connectivity index (χ3n) is 3.74. The molecule has 0 aromatic heterocycles. The van der Waals surface area contributed by atoms with E-state index in [1.54, 1.807) is 7.11 Å². The van der Waals surface area contributed by atoms with Crippen LogP contribution in [0.4, 0.5) is 0 Å². The number of benzene rings is 2. The summed E-state index contributed by atoms with van der Waals surface area (Å²) in [6.07, 6.45) is -0.138. The highest BCUT2D eigenvalue weighted by molar-refractivity contribution is 5.32. The van der Waals surface area contributed by atoms with E-state index in [4.69, 9.17) is 14.2 Å². The van der Waals surface area contributed by atoms with Crippen LogP contribution in [-0.2, 0) is 4.74 Å². The molecule has 2 aromatic rings. The van der Waals surface area contributed by atoms with E-state index in [1.165, 1.54) is 0 Å². The molecule has 1 aliphatic heterocycles. The largest absolute Gasteiger partial charge is 0.497 e. The Kier molecular flexibility index (Phi) is 4.93. The van der Waals surface area contributed by atoms with Crippen LogP contribution in [0, 0.1) is 0 Å². The lowest BCUT2D eigenvalue weighted by Crippen LogP contribution is -2.43. The van der Waals surface area contributed by atoms with E-state index < -0.39 is 0 Å². The maximum absolute atomic E-state index is 6.22. The molecule has 3 rings (SSSR count). The molecule has 0 aliphatic carbocycles. The summed E-state index contributed by atoms with van der Waals surface area (Å²) >= 11 is 0. The quantitative estimate of drug-likeness (QED) is 0.921. The Balaban J connectivity index is 1.81. The fourth-order valence-corrected chi connectivity index (χ4v) is 2.58. The molecule has 0 unspecified atom stereocenters. The van der Waals surface area contributed by atoms with E-state index in [0.29, 0.717) is 6.61 Å². The summed E-state index contributed by atoms with van der Waals surface area (Å²) in [7, 11) is 1.66. The Morgan fingerprint density at radius 1 is 1.05 bits per heavy atom. The van der Waals surface area contributed by atoms with Crippen molar-refractivity contribution in [1.82, 2.24) is 5.32 Å². The topological polar surface area (TPSA) is 39.7 Å². The molecule has 0 amide bonds. The predicted molar refractivity (Wildman–Crippen MR) is 85.4 cm³/mol. The maximum atomic E-state index is 6.22. The second-order valence-corrected chi connectivity index (χ2v) is 5.24. The highest BCUT2D eigenvalue weighted by atomic mass is 16.5. The third kappa shape index (κ3) is 3.59. The molecule has 4 heteroatoms. The van der Waals surface area contributed by atoms with Crippen molar-refractivity contribution >= 4 is 0 Å². The zero-order chi connectivity index (χ0) is 15.2. The van der Waals surface area contributed by atoms with E-state index in [2.05, 4.69) is 17.4 Å². The minimum absolute atomic E-state index is 0.00162. The van der Waals surface area contributed by atoms with Gasteiger partial charge in [-0.1, -0.05) is 30.3 Å². The fraction of sp³-hybridized carbons (Fsp3) is 0.333. The highest BCUT2D eigenvalue weighted by Gasteiger charge is 2.27. The summed E-state index contributed by atoms with van der Waals surface area (Å²) in [5.41, 5.74) is 1.12. The average Bonchev–Trinajstić information content (AvgIpc) is 2.62. The van der Waals surface area contributed by atoms with Crippen LogP contribution in [0.2, 0.25) is 0 Å². The molecule has 4 nitrogen and oxygen atoms in total. The molecule has 0 spiro atoms. The van der Waals surface area contributed by atoms with Gasteiger partial charge in [0.15, 0.2) is 6.10 Å². The number of morpholine rings is 1. The molecule has 1 fully saturated rings. The summed E-state index contributed by atoms with van der Waals surface area (Å²) in [6, 6.07) is 17.9. The summed E-state index contributed by atoms with van der Waals surface area (Å²) in [4.78, 5) is 0. The Labute approximate surface area is 131 Å². The first-order valence-corrected chi connectivity index (χ1v) is 7.55. The number of methoxy groups -OCH3 is 1. The SMILES string of the molecule is COc1ccc(O[C@@H](c2ccccc2)[C@@H]2CNCCO2)cc1. The first-order chi connectivity index (χ1) is 10.9. The molecular formula is C18H21NO3. The smallest absolute Gasteiger partial charge is 0.151 e. The predicted octanol–water partition coefficient (Wildman–Crippen LogP) is 2.80. The Hall–Kier alpha value is -2.04. The van der Waals surface area contributed by atoms with Crippen molar-refractivity contribution in [2.45, 2.75) is 12.2 Å². The molecule has 1 saturated heterocycles. The minimum atomic E-state index is -0.137. The van der Waals surface area contributed by atoms with Gasteiger partial charge in [0.2, 0.25) is 0 Å². The second kappa shape index (κ2) is 7.29. The van der Waals surface area contributed by atoms with Gasteiger partial charge in [-0.25, -0.2) is 0 Å². The van der Waals surface area contributed by atoms with Crippen LogP contribution in [0.3, 0.4) is 0 Å². The van der Waals surface area contributed by atoms with Crippen LogP contribution < -0.4 is 14.8 Å². The fourth-order valence-electron chi connectivity index (χ4n) is 2.58. The van der Waals surface area contributed by atoms with E-state index >= 15 is 0 Å². The normalized spacial score (nSPS) is 19.4. The number of rotatable bonds is 5. The Morgan fingerprint density at radius 3 is 2.41 bits per heavy atom. The van der Waals surface area contributed by atoms with Crippen LogP contribution >= 0.6 is 0 Å². The molecular weight excluding hydrogens is 278 g/mol. The molecule has 116 valence electrons. The summed E-state index contributed by atoms with van der Waals surface area (Å²) in [6.45, 7) is 2.39. The van der Waals surface area contributed by atoms with Crippen molar-refractivity contribution in [1.29, 1.82) is 0 Å².